The van der Waals surface area contributed by atoms with Crippen molar-refractivity contribution in [2.75, 3.05) is 13.1 Å². The summed E-state index contributed by atoms with van der Waals surface area (Å²) in [5, 5.41) is 15.1. The van der Waals surface area contributed by atoms with Crippen molar-refractivity contribution in [2.45, 2.75) is 19.4 Å². The Balaban J connectivity index is 1.65. The second-order valence-corrected chi connectivity index (χ2v) is 5.14. The number of nitrogens with one attached hydrogen (secondary N) is 1. The Morgan fingerprint density at radius 3 is 3.07 bits per heavy atom. The van der Waals surface area contributed by atoms with Crippen LogP contribution < -0.4 is 5.32 Å². The fourth-order valence-electron chi connectivity index (χ4n) is 1.67. The minimum atomic E-state index is -0.330. The van der Waals surface area contributed by atoms with Crippen LogP contribution in [-0.4, -0.2) is 18.2 Å². The molecule has 3 atom stereocenters. The second-order valence-electron chi connectivity index (χ2n) is 4.16. The zero-order chi connectivity index (χ0) is 9.97. The lowest BCUT2D eigenvalue weighted by atomic mass is 10.3. The third-order valence-electron chi connectivity index (χ3n) is 2.89. The van der Waals surface area contributed by atoms with Crippen LogP contribution in [0, 0.1) is 11.8 Å². The molecule has 1 aromatic heterocycles. The van der Waals surface area contributed by atoms with Crippen LogP contribution in [0.25, 0.3) is 0 Å². The Morgan fingerprint density at radius 1 is 1.71 bits per heavy atom. The number of hydrogen-bond donors (Lipinski definition) is 2. The molecule has 2 nitrogen and oxygen atoms in total. The van der Waals surface area contributed by atoms with E-state index < -0.39 is 0 Å². The molecule has 0 radical (unpaired) electrons. The lowest BCUT2D eigenvalue weighted by Crippen LogP contribution is -2.23. The maximum absolute atomic E-state index is 9.76. The zero-order valence-electron chi connectivity index (χ0n) is 8.44. The molecule has 3 unspecified atom stereocenters. The van der Waals surface area contributed by atoms with E-state index in [0.29, 0.717) is 6.54 Å². The van der Waals surface area contributed by atoms with E-state index in [1.54, 1.807) is 11.3 Å². The van der Waals surface area contributed by atoms with Gasteiger partial charge in [0, 0.05) is 11.4 Å². The minimum Gasteiger partial charge on any atom is -0.386 e. The summed E-state index contributed by atoms with van der Waals surface area (Å²) in [5.41, 5.74) is 0. The summed E-state index contributed by atoms with van der Waals surface area (Å²) < 4.78 is 0. The van der Waals surface area contributed by atoms with Crippen LogP contribution in [0.4, 0.5) is 0 Å². The smallest absolute Gasteiger partial charge is 0.101 e. The van der Waals surface area contributed by atoms with E-state index in [9.17, 15) is 5.11 Å². The summed E-state index contributed by atoms with van der Waals surface area (Å²) in [6.07, 6.45) is 1.02. The molecule has 1 aliphatic carbocycles. The van der Waals surface area contributed by atoms with Crippen molar-refractivity contribution in [2.24, 2.45) is 11.8 Å². The van der Waals surface area contributed by atoms with Crippen molar-refractivity contribution >= 4 is 11.3 Å². The van der Waals surface area contributed by atoms with E-state index in [0.717, 1.165) is 23.3 Å². The minimum absolute atomic E-state index is 0.330. The van der Waals surface area contributed by atoms with Crippen LogP contribution in [0.3, 0.4) is 0 Å². The molecular formula is C11H17NOS. The second kappa shape index (κ2) is 4.43. The Hall–Kier alpha value is -0.380. The molecule has 3 heteroatoms. The molecule has 0 aromatic carbocycles. The van der Waals surface area contributed by atoms with Gasteiger partial charge in [-0.05, 0) is 36.2 Å². The molecule has 0 bridgehead atoms. The maximum Gasteiger partial charge on any atom is 0.101 e. The highest BCUT2D eigenvalue weighted by molar-refractivity contribution is 7.10. The highest BCUT2D eigenvalue weighted by Crippen LogP contribution is 2.36. The average molecular weight is 211 g/mol. The number of hydrogen-bond acceptors (Lipinski definition) is 3. The molecular weight excluding hydrogens is 194 g/mol. The SMILES string of the molecule is CC1CC1CNCC(O)c1cccs1. The summed E-state index contributed by atoms with van der Waals surface area (Å²) in [6.45, 7) is 4.02. The van der Waals surface area contributed by atoms with Gasteiger partial charge in [0.1, 0.15) is 6.10 Å². The monoisotopic (exact) mass is 211 g/mol. The predicted molar refractivity (Wildman–Crippen MR) is 59.4 cm³/mol. The van der Waals surface area contributed by atoms with Crippen LogP contribution in [-0.2, 0) is 0 Å². The van der Waals surface area contributed by atoms with Gasteiger partial charge < -0.3 is 10.4 Å². The molecule has 1 aromatic rings. The molecule has 1 fully saturated rings. The molecule has 2 N–H and O–H groups in total. The molecule has 1 saturated carbocycles. The standard InChI is InChI=1S/C11H17NOS/c1-8-5-9(8)6-12-7-10(13)11-3-2-4-14-11/h2-4,8-10,12-13H,5-7H2,1H3. The number of thiophene rings is 1. The molecule has 0 saturated heterocycles. The summed E-state index contributed by atoms with van der Waals surface area (Å²) in [7, 11) is 0. The van der Waals surface area contributed by atoms with Crippen molar-refractivity contribution in [3.05, 3.63) is 22.4 Å². The lowest BCUT2D eigenvalue weighted by molar-refractivity contribution is 0.178. The van der Waals surface area contributed by atoms with Gasteiger partial charge in [0.25, 0.3) is 0 Å². The third-order valence-corrected chi connectivity index (χ3v) is 3.87. The summed E-state index contributed by atoms with van der Waals surface area (Å²) >= 11 is 1.62. The molecule has 0 spiro atoms. The molecule has 78 valence electrons. The Labute approximate surface area is 89.0 Å². The van der Waals surface area contributed by atoms with Crippen molar-refractivity contribution < 1.29 is 5.11 Å². The first kappa shape index (κ1) is 10.1. The van der Waals surface area contributed by atoms with Crippen LogP contribution in [0.5, 0.6) is 0 Å². The zero-order valence-corrected chi connectivity index (χ0v) is 9.26. The number of rotatable bonds is 5. The maximum atomic E-state index is 9.76. The number of aliphatic hydroxyl groups is 1. The summed E-state index contributed by atoms with van der Waals surface area (Å²) in [5.74, 6) is 1.74. The topological polar surface area (TPSA) is 32.3 Å². The highest BCUT2D eigenvalue weighted by atomic mass is 32.1. The Kier molecular flexibility index (Phi) is 3.21. The van der Waals surface area contributed by atoms with E-state index in [4.69, 9.17) is 0 Å². The first-order chi connectivity index (χ1) is 6.77. The molecule has 2 rings (SSSR count). The van der Waals surface area contributed by atoms with Gasteiger partial charge >= 0.3 is 0 Å². The van der Waals surface area contributed by atoms with Crippen molar-refractivity contribution in [1.29, 1.82) is 0 Å². The fraction of sp³-hybridized carbons (Fsp3) is 0.636. The molecule has 0 aliphatic heterocycles. The van der Waals surface area contributed by atoms with Crippen molar-refractivity contribution in [1.82, 2.24) is 5.32 Å². The summed E-state index contributed by atoms with van der Waals surface area (Å²) in [4.78, 5) is 1.06. The first-order valence-corrected chi connectivity index (χ1v) is 6.07. The largest absolute Gasteiger partial charge is 0.386 e. The van der Waals surface area contributed by atoms with E-state index in [1.807, 2.05) is 17.5 Å². The molecule has 0 amide bonds. The van der Waals surface area contributed by atoms with Gasteiger partial charge in [0.15, 0.2) is 0 Å². The van der Waals surface area contributed by atoms with Gasteiger partial charge in [-0.2, -0.15) is 0 Å². The van der Waals surface area contributed by atoms with Gasteiger partial charge in [-0.25, -0.2) is 0 Å². The quantitative estimate of drug-likeness (QED) is 0.781. The van der Waals surface area contributed by atoms with Gasteiger partial charge in [-0.1, -0.05) is 13.0 Å². The van der Waals surface area contributed by atoms with Crippen LogP contribution >= 0.6 is 11.3 Å². The van der Waals surface area contributed by atoms with E-state index in [-0.39, 0.29) is 6.10 Å². The van der Waals surface area contributed by atoms with Gasteiger partial charge in [-0.3, -0.25) is 0 Å². The number of aliphatic hydroxyl groups excluding tert-OH is 1. The van der Waals surface area contributed by atoms with Gasteiger partial charge in [-0.15, -0.1) is 11.3 Å². The molecule has 14 heavy (non-hydrogen) atoms. The van der Waals surface area contributed by atoms with E-state index >= 15 is 0 Å². The average Bonchev–Trinajstić information content (AvgIpc) is 2.72. The van der Waals surface area contributed by atoms with Crippen LogP contribution in [0.1, 0.15) is 24.3 Å². The van der Waals surface area contributed by atoms with Gasteiger partial charge in [0.2, 0.25) is 0 Å². The highest BCUT2D eigenvalue weighted by Gasteiger charge is 2.31. The summed E-state index contributed by atoms with van der Waals surface area (Å²) in [6, 6.07) is 3.96. The lowest BCUT2D eigenvalue weighted by Gasteiger charge is -2.09. The Morgan fingerprint density at radius 2 is 2.50 bits per heavy atom. The molecule has 1 aliphatic rings. The Bertz CT molecular complexity index is 273. The van der Waals surface area contributed by atoms with E-state index in [2.05, 4.69) is 12.2 Å². The van der Waals surface area contributed by atoms with Crippen LogP contribution in [0.2, 0.25) is 0 Å². The fourth-order valence-corrected chi connectivity index (χ4v) is 2.38. The third kappa shape index (κ3) is 2.56. The predicted octanol–water partition coefficient (Wildman–Crippen LogP) is 2.03. The van der Waals surface area contributed by atoms with E-state index in [1.165, 1.54) is 6.42 Å². The van der Waals surface area contributed by atoms with Crippen molar-refractivity contribution in [3.63, 3.8) is 0 Å². The first-order valence-electron chi connectivity index (χ1n) is 5.19. The van der Waals surface area contributed by atoms with Gasteiger partial charge in [0.05, 0.1) is 0 Å². The van der Waals surface area contributed by atoms with Crippen molar-refractivity contribution in [3.8, 4) is 0 Å². The molecule has 1 heterocycles. The van der Waals surface area contributed by atoms with Crippen LogP contribution in [0.15, 0.2) is 17.5 Å². The normalized spacial score (nSPS) is 27.6.